The van der Waals surface area contributed by atoms with Crippen LogP contribution in [0.1, 0.15) is 0 Å². The van der Waals surface area contributed by atoms with Gasteiger partial charge in [0.05, 0.1) is 11.0 Å². The van der Waals surface area contributed by atoms with Gasteiger partial charge in [0.2, 0.25) is 0 Å². The summed E-state index contributed by atoms with van der Waals surface area (Å²) in [6.45, 7) is 0. The van der Waals surface area contributed by atoms with E-state index in [0.29, 0.717) is 10.2 Å². The smallest absolute Gasteiger partial charge is 0.308 e. The van der Waals surface area contributed by atoms with E-state index >= 15 is 0 Å². The number of nitro groups is 1. The van der Waals surface area contributed by atoms with Crippen LogP contribution in [-0.2, 0) is 7.05 Å². The molecule has 2 rings (SSSR count). The van der Waals surface area contributed by atoms with Gasteiger partial charge >= 0.3 is 5.69 Å². The average molecular weight is 283 g/mol. The van der Waals surface area contributed by atoms with Gasteiger partial charge < -0.3 is 5.43 Å². The van der Waals surface area contributed by atoms with Crippen LogP contribution in [0.2, 0.25) is 0 Å². The second kappa shape index (κ2) is 5.07. The quantitative estimate of drug-likeness (QED) is 0.399. The number of nitrogens with one attached hydrogen (secondary N) is 2. The van der Waals surface area contributed by atoms with Crippen LogP contribution >= 0.6 is 11.8 Å². The SMILES string of the molecule is Cn1c(Sc2cc([N+](=O)[O-])cc(NN)n2)n[nH]c1=O. The number of H-pyrrole nitrogens is 1. The number of rotatable bonds is 4. The van der Waals surface area contributed by atoms with E-state index in [1.54, 1.807) is 0 Å². The Morgan fingerprint density at radius 3 is 2.84 bits per heavy atom. The van der Waals surface area contributed by atoms with Crippen molar-refractivity contribution in [2.45, 2.75) is 10.2 Å². The first-order chi connectivity index (χ1) is 9.01. The Labute approximate surface area is 110 Å². The Bertz CT molecular complexity index is 679. The molecule has 2 aromatic rings. The largest absolute Gasteiger partial charge is 0.343 e. The molecule has 100 valence electrons. The first-order valence-electron chi connectivity index (χ1n) is 4.93. The fourth-order valence-corrected chi connectivity index (χ4v) is 2.06. The summed E-state index contributed by atoms with van der Waals surface area (Å²) >= 11 is 1.01. The van der Waals surface area contributed by atoms with Crippen LogP contribution < -0.4 is 17.0 Å². The Balaban J connectivity index is 2.39. The van der Waals surface area contributed by atoms with Gasteiger partial charge in [-0.15, -0.1) is 5.10 Å². The molecule has 2 heterocycles. The van der Waals surface area contributed by atoms with Gasteiger partial charge in [-0.25, -0.2) is 20.7 Å². The van der Waals surface area contributed by atoms with E-state index in [0.717, 1.165) is 11.8 Å². The molecule has 0 unspecified atom stereocenters. The number of hydrogen-bond acceptors (Lipinski definition) is 8. The number of nitrogens with zero attached hydrogens (tertiary/aromatic N) is 4. The third-order valence-corrected chi connectivity index (χ3v) is 3.15. The second-order valence-electron chi connectivity index (χ2n) is 3.42. The van der Waals surface area contributed by atoms with Crippen LogP contribution in [0.5, 0.6) is 0 Å². The highest BCUT2D eigenvalue weighted by molar-refractivity contribution is 7.99. The molecule has 19 heavy (non-hydrogen) atoms. The maximum atomic E-state index is 11.2. The summed E-state index contributed by atoms with van der Waals surface area (Å²) in [4.78, 5) is 25.4. The molecule has 2 aromatic heterocycles. The zero-order valence-corrected chi connectivity index (χ0v) is 10.5. The Morgan fingerprint density at radius 1 is 1.58 bits per heavy atom. The zero-order chi connectivity index (χ0) is 14.0. The molecule has 4 N–H and O–H groups in total. The van der Waals surface area contributed by atoms with Crippen molar-refractivity contribution in [1.29, 1.82) is 0 Å². The van der Waals surface area contributed by atoms with E-state index in [2.05, 4.69) is 20.6 Å². The maximum absolute atomic E-state index is 11.2. The summed E-state index contributed by atoms with van der Waals surface area (Å²) in [5.74, 6) is 5.34. The molecule has 10 nitrogen and oxygen atoms in total. The molecular weight excluding hydrogens is 274 g/mol. The highest BCUT2D eigenvalue weighted by Gasteiger charge is 2.14. The molecule has 0 saturated carbocycles. The Hall–Kier alpha value is -2.40. The predicted octanol–water partition coefficient (Wildman–Crippen LogP) is -0.152. The molecule has 0 aliphatic carbocycles. The normalized spacial score (nSPS) is 10.4. The van der Waals surface area contributed by atoms with Crippen LogP contribution in [-0.4, -0.2) is 24.7 Å². The second-order valence-corrected chi connectivity index (χ2v) is 4.41. The van der Waals surface area contributed by atoms with Crippen molar-refractivity contribution in [1.82, 2.24) is 19.7 Å². The average Bonchev–Trinajstić information content (AvgIpc) is 2.70. The van der Waals surface area contributed by atoms with E-state index in [1.807, 2.05) is 0 Å². The monoisotopic (exact) mass is 283 g/mol. The van der Waals surface area contributed by atoms with Gasteiger partial charge in [-0.3, -0.25) is 14.7 Å². The predicted molar refractivity (Wildman–Crippen MR) is 66.7 cm³/mol. The Kier molecular flexibility index (Phi) is 3.48. The minimum Gasteiger partial charge on any atom is -0.308 e. The maximum Gasteiger partial charge on any atom is 0.343 e. The standard InChI is InChI=1S/C8H9N7O3S/c1-14-7(16)12-13-8(14)19-6-3-4(15(17)18)2-5(10-6)11-9/h2-3H,9H2,1H3,(H,10,11)(H,12,16). The number of hydrazine groups is 1. The topological polar surface area (TPSA) is 145 Å². The summed E-state index contributed by atoms with van der Waals surface area (Å²) in [5, 5.41) is 17.4. The summed E-state index contributed by atoms with van der Waals surface area (Å²) in [5.41, 5.74) is 1.70. The third-order valence-electron chi connectivity index (χ3n) is 2.18. The van der Waals surface area contributed by atoms with Crippen molar-refractivity contribution in [2.75, 3.05) is 5.43 Å². The first kappa shape index (κ1) is 13.0. The fraction of sp³-hybridized carbons (Fsp3) is 0.125. The molecular formula is C8H9N7O3S. The van der Waals surface area contributed by atoms with E-state index in [4.69, 9.17) is 5.84 Å². The van der Waals surface area contributed by atoms with Gasteiger partial charge in [0.15, 0.2) is 5.16 Å². The molecule has 0 aliphatic heterocycles. The minimum atomic E-state index is -0.559. The number of pyridine rings is 1. The van der Waals surface area contributed by atoms with Crippen LogP contribution in [0, 0.1) is 10.1 Å². The molecule has 0 spiro atoms. The van der Waals surface area contributed by atoms with Crippen molar-refractivity contribution in [3.8, 4) is 0 Å². The summed E-state index contributed by atoms with van der Waals surface area (Å²) in [7, 11) is 1.52. The fourth-order valence-electron chi connectivity index (χ4n) is 1.24. The van der Waals surface area contributed by atoms with Crippen molar-refractivity contribution in [2.24, 2.45) is 12.9 Å². The number of aromatic nitrogens is 4. The number of nitrogen functional groups attached to an aromatic ring is 1. The van der Waals surface area contributed by atoms with Gasteiger partial charge in [0.1, 0.15) is 10.8 Å². The summed E-state index contributed by atoms with van der Waals surface area (Å²) in [6.07, 6.45) is 0. The first-order valence-corrected chi connectivity index (χ1v) is 5.75. The zero-order valence-electron chi connectivity index (χ0n) is 9.65. The molecule has 0 amide bonds. The summed E-state index contributed by atoms with van der Waals surface area (Å²) in [6, 6.07) is 2.47. The van der Waals surface area contributed by atoms with Crippen LogP contribution in [0.3, 0.4) is 0 Å². The van der Waals surface area contributed by atoms with Crippen molar-refractivity contribution >= 4 is 23.3 Å². The highest BCUT2D eigenvalue weighted by atomic mass is 32.2. The van der Waals surface area contributed by atoms with E-state index in [-0.39, 0.29) is 17.2 Å². The van der Waals surface area contributed by atoms with Gasteiger partial charge in [-0.2, -0.15) is 0 Å². The van der Waals surface area contributed by atoms with E-state index < -0.39 is 4.92 Å². The lowest BCUT2D eigenvalue weighted by molar-refractivity contribution is -0.385. The number of nitrogens with two attached hydrogens (primary N) is 1. The molecule has 0 atom stereocenters. The summed E-state index contributed by atoms with van der Waals surface area (Å²) < 4.78 is 1.26. The van der Waals surface area contributed by atoms with E-state index in [1.165, 1.54) is 23.7 Å². The van der Waals surface area contributed by atoms with Crippen LogP contribution in [0.15, 0.2) is 27.1 Å². The lowest BCUT2D eigenvalue weighted by atomic mass is 10.4. The van der Waals surface area contributed by atoms with Crippen molar-refractivity contribution < 1.29 is 4.92 Å². The Morgan fingerprint density at radius 2 is 2.32 bits per heavy atom. The molecule has 0 fully saturated rings. The molecule has 0 saturated heterocycles. The lowest BCUT2D eigenvalue weighted by Crippen LogP contribution is -2.13. The van der Waals surface area contributed by atoms with Gasteiger partial charge in [-0.05, 0) is 11.8 Å². The van der Waals surface area contributed by atoms with E-state index in [9.17, 15) is 14.9 Å². The third kappa shape index (κ3) is 2.71. The van der Waals surface area contributed by atoms with Crippen LogP contribution in [0.4, 0.5) is 11.5 Å². The lowest BCUT2D eigenvalue weighted by Gasteiger charge is -2.03. The molecule has 0 radical (unpaired) electrons. The molecule has 11 heteroatoms. The number of aromatic amines is 1. The van der Waals surface area contributed by atoms with Gasteiger partial charge in [0.25, 0.3) is 5.69 Å². The molecule has 0 aliphatic rings. The van der Waals surface area contributed by atoms with Crippen molar-refractivity contribution in [3.63, 3.8) is 0 Å². The van der Waals surface area contributed by atoms with Gasteiger partial charge in [0, 0.05) is 13.1 Å². The highest BCUT2D eigenvalue weighted by Crippen LogP contribution is 2.27. The molecule has 0 bridgehead atoms. The van der Waals surface area contributed by atoms with Gasteiger partial charge in [-0.1, -0.05) is 0 Å². The van der Waals surface area contributed by atoms with Crippen LogP contribution in [0.25, 0.3) is 0 Å². The number of anilines is 1. The van der Waals surface area contributed by atoms with Crippen molar-refractivity contribution in [3.05, 3.63) is 32.7 Å². The molecule has 0 aromatic carbocycles. The minimum absolute atomic E-state index is 0.150. The number of hydrogen-bond donors (Lipinski definition) is 3.